The monoisotopic (exact) mass is 293 g/mol. The minimum atomic E-state index is 0.0521. The first-order valence-corrected chi connectivity index (χ1v) is 8.30. The molecule has 0 amide bonds. The molecule has 0 bridgehead atoms. The van der Waals surface area contributed by atoms with Crippen molar-refractivity contribution in [3.05, 3.63) is 18.0 Å². The molecule has 0 radical (unpaired) electrons. The Morgan fingerprint density at radius 1 is 1.38 bits per heavy atom. The van der Waals surface area contributed by atoms with Crippen molar-refractivity contribution in [1.82, 2.24) is 15.1 Å². The van der Waals surface area contributed by atoms with E-state index in [1.807, 2.05) is 10.9 Å². The second-order valence-corrected chi connectivity index (χ2v) is 7.27. The number of ether oxygens (including phenoxy) is 1. The molecule has 1 aliphatic rings. The molecular weight excluding hydrogens is 262 g/mol. The molecule has 1 aromatic rings. The van der Waals surface area contributed by atoms with Gasteiger partial charge < -0.3 is 10.1 Å². The van der Waals surface area contributed by atoms with Gasteiger partial charge in [-0.15, -0.1) is 0 Å². The molecule has 1 N–H and O–H groups in total. The van der Waals surface area contributed by atoms with E-state index in [9.17, 15) is 0 Å². The molecule has 0 aromatic carbocycles. The van der Waals surface area contributed by atoms with E-state index in [0.717, 1.165) is 38.8 Å². The van der Waals surface area contributed by atoms with Crippen LogP contribution < -0.4 is 5.32 Å². The van der Waals surface area contributed by atoms with Crippen LogP contribution in [0, 0.1) is 0 Å². The Balaban J connectivity index is 1.89. The summed E-state index contributed by atoms with van der Waals surface area (Å²) in [5.41, 5.74) is 1.40. The fourth-order valence-electron chi connectivity index (χ4n) is 3.03. The van der Waals surface area contributed by atoms with Gasteiger partial charge in [0.1, 0.15) is 0 Å². The summed E-state index contributed by atoms with van der Waals surface area (Å²) in [4.78, 5) is 0. The van der Waals surface area contributed by atoms with Gasteiger partial charge in [0.2, 0.25) is 0 Å². The first-order chi connectivity index (χ1) is 9.88. The molecule has 21 heavy (non-hydrogen) atoms. The van der Waals surface area contributed by atoms with Crippen LogP contribution in [-0.4, -0.2) is 28.0 Å². The van der Waals surface area contributed by atoms with E-state index >= 15 is 0 Å². The average molecular weight is 293 g/mol. The zero-order valence-electron chi connectivity index (χ0n) is 14.3. The number of aromatic nitrogens is 2. The molecule has 1 unspecified atom stereocenters. The third-order valence-electron chi connectivity index (χ3n) is 4.70. The lowest BCUT2D eigenvalue weighted by Gasteiger charge is -2.40. The highest BCUT2D eigenvalue weighted by Crippen LogP contribution is 2.31. The van der Waals surface area contributed by atoms with Gasteiger partial charge in [0, 0.05) is 31.0 Å². The standard InChI is InChI=1S/C17H31N3O/c1-6-17(7-2)10-15(8-9-21-17)18-11-14-12-19-20(13-14)16(3,4)5/h12-13,15,18H,6-11H2,1-5H3. The summed E-state index contributed by atoms with van der Waals surface area (Å²) in [7, 11) is 0. The minimum Gasteiger partial charge on any atom is -0.375 e. The fourth-order valence-corrected chi connectivity index (χ4v) is 3.03. The van der Waals surface area contributed by atoms with E-state index in [4.69, 9.17) is 4.74 Å². The topological polar surface area (TPSA) is 39.1 Å². The van der Waals surface area contributed by atoms with Crippen molar-refractivity contribution in [3.63, 3.8) is 0 Å². The summed E-state index contributed by atoms with van der Waals surface area (Å²) in [6.45, 7) is 12.8. The second-order valence-electron chi connectivity index (χ2n) is 7.27. The van der Waals surface area contributed by atoms with Crippen LogP contribution in [0.4, 0.5) is 0 Å². The second kappa shape index (κ2) is 6.49. The lowest BCUT2D eigenvalue weighted by Crippen LogP contribution is -2.46. The highest BCUT2D eigenvalue weighted by Gasteiger charge is 2.34. The SMILES string of the molecule is CCC1(CC)CC(NCc2cnn(C(C)(C)C)c2)CCO1. The van der Waals surface area contributed by atoms with Crippen LogP contribution in [0.2, 0.25) is 0 Å². The largest absolute Gasteiger partial charge is 0.375 e. The van der Waals surface area contributed by atoms with E-state index in [1.165, 1.54) is 5.56 Å². The molecule has 1 saturated heterocycles. The Labute approximate surface area is 129 Å². The van der Waals surface area contributed by atoms with Gasteiger partial charge in [-0.25, -0.2) is 0 Å². The van der Waals surface area contributed by atoms with Gasteiger partial charge in [-0.1, -0.05) is 13.8 Å². The van der Waals surface area contributed by atoms with E-state index < -0.39 is 0 Å². The van der Waals surface area contributed by atoms with Crippen molar-refractivity contribution in [2.45, 2.75) is 84.0 Å². The molecule has 4 heteroatoms. The van der Waals surface area contributed by atoms with Crippen LogP contribution in [0.5, 0.6) is 0 Å². The fraction of sp³-hybridized carbons (Fsp3) is 0.824. The van der Waals surface area contributed by atoms with E-state index in [2.05, 4.69) is 51.2 Å². The van der Waals surface area contributed by atoms with Gasteiger partial charge in [0.25, 0.3) is 0 Å². The molecule has 1 aliphatic heterocycles. The summed E-state index contributed by atoms with van der Waals surface area (Å²) in [5, 5.41) is 8.16. The summed E-state index contributed by atoms with van der Waals surface area (Å²) >= 11 is 0. The predicted octanol–water partition coefficient (Wildman–Crippen LogP) is 3.47. The van der Waals surface area contributed by atoms with Crippen LogP contribution >= 0.6 is 0 Å². The molecule has 0 saturated carbocycles. The van der Waals surface area contributed by atoms with Crippen LogP contribution in [0.3, 0.4) is 0 Å². The molecule has 2 rings (SSSR count). The van der Waals surface area contributed by atoms with Gasteiger partial charge in [-0.3, -0.25) is 4.68 Å². The highest BCUT2D eigenvalue weighted by atomic mass is 16.5. The van der Waals surface area contributed by atoms with E-state index in [0.29, 0.717) is 6.04 Å². The van der Waals surface area contributed by atoms with Gasteiger partial charge in [-0.2, -0.15) is 5.10 Å². The molecule has 0 aliphatic carbocycles. The van der Waals surface area contributed by atoms with E-state index in [1.54, 1.807) is 0 Å². The average Bonchev–Trinajstić information content (AvgIpc) is 2.94. The smallest absolute Gasteiger partial charge is 0.0692 e. The van der Waals surface area contributed by atoms with Crippen molar-refractivity contribution in [2.75, 3.05) is 6.61 Å². The van der Waals surface area contributed by atoms with Crippen LogP contribution in [0.25, 0.3) is 0 Å². The van der Waals surface area contributed by atoms with Crippen molar-refractivity contribution < 1.29 is 4.74 Å². The number of nitrogens with zero attached hydrogens (tertiary/aromatic N) is 2. The zero-order chi connectivity index (χ0) is 15.5. The molecule has 1 aromatic heterocycles. The summed E-state index contributed by atoms with van der Waals surface area (Å²) in [6.07, 6.45) is 8.56. The van der Waals surface area contributed by atoms with Crippen LogP contribution in [-0.2, 0) is 16.8 Å². The molecule has 1 fully saturated rings. The lowest BCUT2D eigenvalue weighted by molar-refractivity contribution is -0.0932. The van der Waals surface area contributed by atoms with Crippen molar-refractivity contribution in [3.8, 4) is 0 Å². The quantitative estimate of drug-likeness (QED) is 0.903. The Bertz CT molecular complexity index is 443. The van der Waals surface area contributed by atoms with Crippen LogP contribution in [0.15, 0.2) is 12.4 Å². The first-order valence-electron chi connectivity index (χ1n) is 8.30. The third-order valence-corrected chi connectivity index (χ3v) is 4.70. The maximum Gasteiger partial charge on any atom is 0.0692 e. The minimum absolute atomic E-state index is 0.0521. The molecule has 0 spiro atoms. The Morgan fingerprint density at radius 3 is 2.67 bits per heavy atom. The van der Waals surface area contributed by atoms with Crippen LogP contribution in [0.1, 0.15) is 65.9 Å². The summed E-state index contributed by atoms with van der Waals surface area (Å²) < 4.78 is 8.08. The molecule has 4 nitrogen and oxygen atoms in total. The number of hydrogen-bond donors (Lipinski definition) is 1. The lowest BCUT2D eigenvalue weighted by atomic mass is 9.86. The van der Waals surface area contributed by atoms with Crippen molar-refractivity contribution >= 4 is 0 Å². The first kappa shape index (κ1) is 16.5. The predicted molar refractivity (Wildman–Crippen MR) is 86.3 cm³/mol. The third kappa shape index (κ3) is 4.07. The number of rotatable bonds is 5. The van der Waals surface area contributed by atoms with Gasteiger partial charge in [0.05, 0.1) is 17.3 Å². The number of nitrogens with one attached hydrogen (secondary N) is 1. The number of hydrogen-bond acceptors (Lipinski definition) is 3. The Kier molecular flexibility index (Phi) is 5.10. The maximum atomic E-state index is 6.04. The Morgan fingerprint density at radius 2 is 2.10 bits per heavy atom. The van der Waals surface area contributed by atoms with E-state index in [-0.39, 0.29) is 11.1 Å². The maximum absolute atomic E-state index is 6.04. The van der Waals surface area contributed by atoms with Crippen molar-refractivity contribution in [2.24, 2.45) is 0 Å². The zero-order valence-corrected chi connectivity index (χ0v) is 14.3. The molecular formula is C17H31N3O. The molecule has 120 valence electrons. The van der Waals surface area contributed by atoms with Gasteiger partial charge in [-0.05, 0) is 46.5 Å². The molecule has 1 atom stereocenters. The molecule has 2 heterocycles. The highest BCUT2D eigenvalue weighted by molar-refractivity contribution is 5.05. The normalized spacial score (nSPS) is 22.4. The Hall–Kier alpha value is -0.870. The summed E-state index contributed by atoms with van der Waals surface area (Å²) in [5.74, 6) is 0. The summed E-state index contributed by atoms with van der Waals surface area (Å²) in [6, 6.07) is 0.552. The van der Waals surface area contributed by atoms with Crippen molar-refractivity contribution in [1.29, 1.82) is 0 Å². The van der Waals surface area contributed by atoms with Gasteiger partial charge in [0.15, 0.2) is 0 Å². The van der Waals surface area contributed by atoms with Gasteiger partial charge >= 0.3 is 0 Å².